The molecule has 1 fully saturated rings. The molecule has 0 aliphatic heterocycles. The van der Waals surface area contributed by atoms with E-state index in [9.17, 15) is 4.79 Å². The number of nitrogens with one attached hydrogen (secondary N) is 2. The normalized spacial score (nSPS) is 15.7. The van der Waals surface area contributed by atoms with Crippen molar-refractivity contribution in [1.82, 2.24) is 10.6 Å². The van der Waals surface area contributed by atoms with Gasteiger partial charge in [-0.1, -0.05) is 32.1 Å². The smallest absolute Gasteiger partial charge is 0.305 e. The summed E-state index contributed by atoms with van der Waals surface area (Å²) in [6.45, 7) is 4.93. The van der Waals surface area contributed by atoms with E-state index in [1.807, 2.05) is 6.92 Å². The van der Waals surface area contributed by atoms with Gasteiger partial charge in [-0.2, -0.15) is 0 Å². The quantitative estimate of drug-likeness (QED) is 0.225. The number of hydrogen-bond acceptors (Lipinski definition) is 4. The van der Waals surface area contributed by atoms with E-state index in [1.54, 1.807) is 7.05 Å². The molecule has 152 valence electrons. The van der Waals surface area contributed by atoms with Gasteiger partial charge in [0.1, 0.15) is 0 Å². The minimum Gasteiger partial charge on any atom is -0.466 e. The van der Waals surface area contributed by atoms with Crippen LogP contribution in [0.2, 0.25) is 0 Å². The summed E-state index contributed by atoms with van der Waals surface area (Å²) in [5.41, 5.74) is 0. The minimum absolute atomic E-state index is 0.0808. The third-order valence-corrected chi connectivity index (χ3v) is 4.65. The van der Waals surface area contributed by atoms with Gasteiger partial charge in [0.05, 0.1) is 12.7 Å². The van der Waals surface area contributed by atoms with Gasteiger partial charge < -0.3 is 20.1 Å². The van der Waals surface area contributed by atoms with Crippen molar-refractivity contribution >= 4 is 11.9 Å². The fourth-order valence-electron chi connectivity index (χ4n) is 3.17. The van der Waals surface area contributed by atoms with Gasteiger partial charge in [-0.15, -0.1) is 0 Å². The Bertz CT molecular complexity index is 382. The van der Waals surface area contributed by atoms with Gasteiger partial charge in [-0.25, -0.2) is 0 Å². The van der Waals surface area contributed by atoms with Crippen LogP contribution in [0, 0.1) is 0 Å². The molecule has 0 unspecified atom stereocenters. The zero-order valence-electron chi connectivity index (χ0n) is 16.9. The van der Waals surface area contributed by atoms with E-state index in [2.05, 4.69) is 15.6 Å². The largest absolute Gasteiger partial charge is 0.466 e. The van der Waals surface area contributed by atoms with Crippen LogP contribution in [0.25, 0.3) is 0 Å². The Hall–Kier alpha value is -1.30. The van der Waals surface area contributed by atoms with E-state index >= 15 is 0 Å². The molecule has 1 rings (SSSR count). The van der Waals surface area contributed by atoms with Crippen LogP contribution in [0.4, 0.5) is 0 Å². The molecule has 2 N–H and O–H groups in total. The van der Waals surface area contributed by atoms with Crippen LogP contribution in [-0.2, 0) is 14.3 Å². The molecule has 1 saturated carbocycles. The number of guanidine groups is 1. The van der Waals surface area contributed by atoms with Crippen molar-refractivity contribution in [3.63, 3.8) is 0 Å². The molecule has 0 aromatic carbocycles. The van der Waals surface area contributed by atoms with Gasteiger partial charge in [-0.3, -0.25) is 9.79 Å². The first-order valence-electron chi connectivity index (χ1n) is 10.5. The third kappa shape index (κ3) is 12.1. The first kappa shape index (κ1) is 22.7. The highest BCUT2D eigenvalue weighted by atomic mass is 16.5. The van der Waals surface area contributed by atoms with Crippen molar-refractivity contribution in [3.8, 4) is 0 Å². The van der Waals surface area contributed by atoms with E-state index in [0.717, 1.165) is 57.8 Å². The molecule has 1 aliphatic rings. The molecule has 0 spiro atoms. The molecule has 0 atom stereocenters. The average molecular weight is 370 g/mol. The molecule has 0 amide bonds. The molecular formula is C20H39N3O3. The predicted molar refractivity (Wildman–Crippen MR) is 107 cm³/mol. The maximum Gasteiger partial charge on any atom is 0.305 e. The predicted octanol–water partition coefficient (Wildman–Crippen LogP) is 3.40. The van der Waals surface area contributed by atoms with Crippen molar-refractivity contribution in [2.75, 3.05) is 33.4 Å². The van der Waals surface area contributed by atoms with Crippen LogP contribution in [0.5, 0.6) is 0 Å². The second-order valence-electron chi connectivity index (χ2n) is 6.88. The summed E-state index contributed by atoms with van der Waals surface area (Å²) in [6, 6.07) is 0. The topological polar surface area (TPSA) is 72.0 Å². The zero-order valence-corrected chi connectivity index (χ0v) is 16.9. The van der Waals surface area contributed by atoms with Crippen molar-refractivity contribution in [3.05, 3.63) is 0 Å². The fraction of sp³-hybridized carbons (Fsp3) is 0.900. The summed E-state index contributed by atoms with van der Waals surface area (Å²) < 4.78 is 10.9. The summed E-state index contributed by atoms with van der Waals surface area (Å²) in [6.07, 6.45) is 12.7. The van der Waals surface area contributed by atoms with Crippen LogP contribution in [0.3, 0.4) is 0 Å². The molecule has 6 nitrogen and oxygen atoms in total. The Kier molecular flexibility index (Phi) is 13.9. The number of unbranched alkanes of at least 4 members (excludes halogenated alkanes) is 3. The Labute approximate surface area is 159 Å². The van der Waals surface area contributed by atoms with Gasteiger partial charge in [-0.05, 0) is 39.0 Å². The lowest BCUT2D eigenvalue weighted by molar-refractivity contribution is -0.143. The van der Waals surface area contributed by atoms with E-state index in [0.29, 0.717) is 19.1 Å². The number of rotatable bonds is 13. The van der Waals surface area contributed by atoms with Crippen LogP contribution in [0.1, 0.15) is 77.6 Å². The van der Waals surface area contributed by atoms with E-state index < -0.39 is 0 Å². The maximum absolute atomic E-state index is 11.2. The molecule has 0 heterocycles. The number of esters is 1. The Morgan fingerprint density at radius 2 is 1.69 bits per heavy atom. The van der Waals surface area contributed by atoms with Gasteiger partial charge in [0.2, 0.25) is 0 Å². The molecule has 6 heteroatoms. The lowest BCUT2D eigenvalue weighted by Gasteiger charge is -2.22. The summed E-state index contributed by atoms with van der Waals surface area (Å²) in [5, 5.41) is 6.67. The molecule has 0 aromatic heterocycles. The second kappa shape index (κ2) is 15.9. The van der Waals surface area contributed by atoms with Crippen LogP contribution in [0.15, 0.2) is 4.99 Å². The van der Waals surface area contributed by atoms with Gasteiger partial charge in [0.15, 0.2) is 5.96 Å². The average Bonchev–Trinajstić information content (AvgIpc) is 2.66. The summed E-state index contributed by atoms with van der Waals surface area (Å²) in [4.78, 5) is 15.5. The summed E-state index contributed by atoms with van der Waals surface area (Å²) in [5.74, 6) is 0.775. The third-order valence-electron chi connectivity index (χ3n) is 4.65. The number of carbonyl (C=O) groups excluding carboxylic acids is 1. The number of hydrogen-bond donors (Lipinski definition) is 2. The van der Waals surface area contributed by atoms with Gasteiger partial charge >= 0.3 is 5.97 Å². The van der Waals surface area contributed by atoms with Crippen LogP contribution >= 0.6 is 0 Å². The van der Waals surface area contributed by atoms with Gasteiger partial charge in [0.25, 0.3) is 0 Å². The maximum atomic E-state index is 11.2. The second-order valence-corrected chi connectivity index (χ2v) is 6.88. The van der Waals surface area contributed by atoms with E-state index in [4.69, 9.17) is 9.47 Å². The molecule has 0 bridgehead atoms. The molecule has 0 saturated heterocycles. The highest BCUT2D eigenvalue weighted by Gasteiger charge is 2.12. The highest BCUT2D eigenvalue weighted by molar-refractivity contribution is 5.79. The van der Waals surface area contributed by atoms with Crippen molar-refractivity contribution in [1.29, 1.82) is 0 Å². The number of nitrogens with zero attached hydrogens (tertiary/aromatic N) is 1. The first-order chi connectivity index (χ1) is 12.8. The van der Waals surface area contributed by atoms with Gasteiger partial charge in [0, 0.05) is 33.2 Å². The van der Waals surface area contributed by atoms with Crippen LogP contribution < -0.4 is 10.6 Å². The zero-order chi connectivity index (χ0) is 18.9. The molecule has 26 heavy (non-hydrogen) atoms. The lowest BCUT2D eigenvalue weighted by atomic mass is 9.98. The summed E-state index contributed by atoms with van der Waals surface area (Å²) in [7, 11) is 1.80. The standard InChI is InChI=1S/C20H39N3O3/c1-3-25-19(24)14-9-4-5-10-15-22-20(21-2)23-16-11-17-26-18-12-7-6-8-13-18/h18H,3-17H2,1-2H3,(H2,21,22,23). The Morgan fingerprint density at radius 1 is 1.00 bits per heavy atom. The first-order valence-corrected chi connectivity index (χ1v) is 10.5. The van der Waals surface area contributed by atoms with Crippen molar-refractivity contribution in [2.24, 2.45) is 4.99 Å². The van der Waals surface area contributed by atoms with E-state index in [-0.39, 0.29) is 5.97 Å². The van der Waals surface area contributed by atoms with E-state index in [1.165, 1.54) is 32.1 Å². The molecule has 1 aliphatic carbocycles. The monoisotopic (exact) mass is 369 g/mol. The van der Waals surface area contributed by atoms with Crippen molar-refractivity contribution < 1.29 is 14.3 Å². The Balaban J connectivity index is 1.91. The fourth-order valence-corrected chi connectivity index (χ4v) is 3.17. The SMILES string of the molecule is CCOC(=O)CCCCCCNC(=NC)NCCCOC1CCCCC1. The minimum atomic E-state index is -0.0808. The number of ether oxygens (including phenoxy) is 2. The molecule has 0 aromatic rings. The molecular weight excluding hydrogens is 330 g/mol. The van der Waals surface area contributed by atoms with Crippen molar-refractivity contribution in [2.45, 2.75) is 83.7 Å². The lowest BCUT2D eigenvalue weighted by Crippen LogP contribution is -2.38. The number of aliphatic imine (C=N–C) groups is 1. The Morgan fingerprint density at radius 3 is 2.38 bits per heavy atom. The highest BCUT2D eigenvalue weighted by Crippen LogP contribution is 2.20. The molecule has 0 radical (unpaired) electrons. The number of carbonyl (C=O) groups is 1. The summed E-state index contributed by atoms with van der Waals surface area (Å²) >= 11 is 0. The van der Waals surface area contributed by atoms with Crippen LogP contribution in [-0.4, -0.2) is 51.4 Å².